The van der Waals surface area contributed by atoms with Gasteiger partial charge in [0.15, 0.2) is 0 Å². The number of aliphatic hydroxyl groups is 1. The van der Waals surface area contributed by atoms with Crippen molar-refractivity contribution in [1.29, 1.82) is 0 Å². The zero-order chi connectivity index (χ0) is 17.9. The van der Waals surface area contributed by atoms with Crippen molar-refractivity contribution in [3.63, 3.8) is 0 Å². The number of ether oxygens (including phenoxy) is 1. The molecular formula is C19H24N4O3. The SMILES string of the molecule is O=C(c1ccc(OCC2CC2)cc1)N1CCC[C@H]1Cn1cc(CO)nn1. The molecule has 1 saturated carbocycles. The van der Waals surface area contributed by atoms with Crippen molar-refractivity contribution in [1.82, 2.24) is 19.9 Å². The van der Waals surface area contributed by atoms with E-state index in [4.69, 9.17) is 9.84 Å². The minimum absolute atomic E-state index is 0.0451. The number of likely N-dealkylation sites (tertiary alicyclic amines) is 1. The van der Waals surface area contributed by atoms with Crippen molar-refractivity contribution < 1.29 is 14.6 Å². The summed E-state index contributed by atoms with van der Waals surface area (Å²) in [5.74, 6) is 1.58. The Morgan fingerprint density at radius 1 is 1.23 bits per heavy atom. The summed E-state index contributed by atoms with van der Waals surface area (Å²) in [6, 6.07) is 7.55. The van der Waals surface area contributed by atoms with Crippen molar-refractivity contribution in [3.05, 3.63) is 41.7 Å². The molecule has 1 aliphatic carbocycles. The van der Waals surface area contributed by atoms with Crippen LogP contribution in [-0.4, -0.2) is 50.1 Å². The fourth-order valence-corrected chi connectivity index (χ4v) is 3.37. The van der Waals surface area contributed by atoms with E-state index in [0.29, 0.717) is 23.7 Å². The van der Waals surface area contributed by atoms with Gasteiger partial charge in [-0.25, -0.2) is 0 Å². The molecule has 1 saturated heterocycles. The van der Waals surface area contributed by atoms with Gasteiger partial charge in [-0.05, 0) is 55.9 Å². The lowest BCUT2D eigenvalue weighted by Crippen LogP contribution is -2.38. The number of nitrogens with zero attached hydrogens (tertiary/aromatic N) is 4. The number of amides is 1. The van der Waals surface area contributed by atoms with Gasteiger partial charge in [-0.1, -0.05) is 5.21 Å². The molecule has 0 spiro atoms. The van der Waals surface area contributed by atoms with Crippen LogP contribution in [0.2, 0.25) is 0 Å². The van der Waals surface area contributed by atoms with Crippen LogP contribution in [0.4, 0.5) is 0 Å². The second kappa shape index (κ2) is 7.45. The highest BCUT2D eigenvalue weighted by atomic mass is 16.5. The van der Waals surface area contributed by atoms with E-state index >= 15 is 0 Å². The van der Waals surface area contributed by atoms with Gasteiger partial charge in [0.1, 0.15) is 11.4 Å². The molecule has 1 N–H and O–H groups in total. The summed E-state index contributed by atoms with van der Waals surface area (Å²) in [5.41, 5.74) is 1.23. The van der Waals surface area contributed by atoms with E-state index in [9.17, 15) is 4.79 Å². The van der Waals surface area contributed by atoms with Gasteiger partial charge in [0.2, 0.25) is 0 Å². The van der Waals surface area contributed by atoms with Crippen molar-refractivity contribution in [2.45, 2.75) is 44.9 Å². The molecule has 0 unspecified atom stereocenters. The summed E-state index contributed by atoms with van der Waals surface area (Å²) in [7, 11) is 0. The molecule has 1 amide bonds. The Morgan fingerprint density at radius 2 is 2.04 bits per heavy atom. The monoisotopic (exact) mass is 356 g/mol. The number of hydrogen-bond donors (Lipinski definition) is 1. The van der Waals surface area contributed by atoms with Crippen LogP contribution in [0.3, 0.4) is 0 Å². The summed E-state index contributed by atoms with van der Waals surface area (Å²) in [6.07, 6.45) is 6.19. The molecule has 0 bridgehead atoms. The molecule has 2 heterocycles. The Kier molecular flexibility index (Phi) is 4.88. The molecule has 1 atom stereocenters. The minimum Gasteiger partial charge on any atom is -0.493 e. The number of aliphatic hydroxyl groups excluding tert-OH is 1. The van der Waals surface area contributed by atoms with Crippen molar-refractivity contribution in [3.8, 4) is 5.75 Å². The van der Waals surface area contributed by atoms with Gasteiger partial charge in [-0.15, -0.1) is 5.10 Å². The Morgan fingerprint density at radius 3 is 2.73 bits per heavy atom. The second-order valence-electron chi connectivity index (χ2n) is 7.16. The fourth-order valence-electron chi connectivity index (χ4n) is 3.37. The zero-order valence-electron chi connectivity index (χ0n) is 14.8. The molecule has 138 valence electrons. The number of hydrogen-bond acceptors (Lipinski definition) is 5. The number of benzene rings is 1. The van der Waals surface area contributed by atoms with E-state index < -0.39 is 0 Å². The van der Waals surface area contributed by atoms with E-state index in [1.165, 1.54) is 12.8 Å². The van der Waals surface area contributed by atoms with Gasteiger partial charge < -0.3 is 14.7 Å². The molecule has 2 aromatic rings. The van der Waals surface area contributed by atoms with Crippen LogP contribution in [0.15, 0.2) is 30.5 Å². The topological polar surface area (TPSA) is 80.5 Å². The molecule has 2 aliphatic rings. The maximum atomic E-state index is 12.9. The first-order valence-electron chi connectivity index (χ1n) is 9.26. The van der Waals surface area contributed by atoms with E-state index in [-0.39, 0.29) is 18.6 Å². The number of rotatable bonds is 7. The lowest BCUT2D eigenvalue weighted by molar-refractivity contribution is 0.0721. The molecule has 7 heteroatoms. The van der Waals surface area contributed by atoms with Gasteiger partial charge in [-0.2, -0.15) is 0 Å². The third-order valence-corrected chi connectivity index (χ3v) is 5.07. The van der Waals surface area contributed by atoms with Crippen molar-refractivity contribution in [2.24, 2.45) is 5.92 Å². The third kappa shape index (κ3) is 3.88. The summed E-state index contributed by atoms with van der Waals surface area (Å²) >= 11 is 0. The standard InChI is InChI=1S/C19H24N4O3/c24-12-16-10-22(21-20-16)11-17-2-1-9-23(17)19(25)15-5-7-18(8-6-15)26-13-14-3-4-14/h5-8,10,14,17,24H,1-4,9,11-13H2/t17-/m0/s1. The predicted molar refractivity (Wildman–Crippen MR) is 94.7 cm³/mol. The molecule has 26 heavy (non-hydrogen) atoms. The fraction of sp³-hybridized carbons (Fsp3) is 0.526. The van der Waals surface area contributed by atoms with Crippen LogP contribution >= 0.6 is 0 Å². The second-order valence-corrected chi connectivity index (χ2v) is 7.16. The Hall–Kier alpha value is -2.41. The van der Waals surface area contributed by atoms with E-state index in [2.05, 4.69) is 10.3 Å². The molecule has 1 aromatic heterocycles. The normalized spacial score (nSPS) is 19.7. The minimum atomic E-state index is -0.123. The van der Waals surface area contributed by atoms with Gasteiger partial charge >= 0.3 is 0 Å². The average molecular weight is 356 g/mol. The van der Waals surface area contributed by atoms with E-state index in [1.54, 1.807) is 10.9 Å². The largest absolute Gasteiger partial charge is 0.493 e. The predicted octanol–water partition coefficient (Wildman–Crippen LogP) is 1.86. The summed E-state index contributed by atoms with van der Waals surface area (Å²) in [5, 5.41) is 17.0. The van der Waals surface area contributed by atoms with Gasteiger partial charge in [-0.3, -0.25) is 9.48 Å². The Balaban J connectivity index is 1.38. The highest BCUT2D eigenvalue weighted by Crippen LogP contribution is 2.29. The number of carbonyl (C=O) groups is 1. The molecule has 1 aliphatic heterocycles. The van der Waals surface area contributed by atoms with Gasteiger partial charge in [0.05, 0.1) is 32.0 Å². The average Bonchev–Trinajstić information content (AvgIpc) is 3.20. The smallest absolute Gasteiger partial charge is 0.254 e. The van der Waals surface area contributed by atoms with Crippen molar-refractivity contribution in [2.75, 3.05) is 13.2 Å². The molecular weight excluding hydrogens is 332 g/mol. The van der Waals surface area contributed by atoms with Crippen LogP contribution < -0.4 is 4.74 Å². The van der Waals surface area contributed by atoms with Crippen LogP contribution in [0.5, 0.6) is 5.75 Å². The third-order valence-electron chi connectivity index (χ3n) is 5.07. The van der Waals surface area contributed by atoms with Crippen LogP contribution in [0, 0.1) is 5.92 Å². The molecule has 0 radical (unpaired) electrons. The van der Waals surface area contributed by atoms with E-state index in [1.807, 2.05) is 29.2 Å². The summed E-state index contributed by atoms with van der Waals surface area (Å²) in [4.78, 5) is 14.8. The maximum absolute atomic E-state index is 12.9. The Bertz CT molecular complexity index is 754. The summed E-state index contributed by atoms with van der Waals surface area (Å²) < 4.78 is 7.44. The lowest BCUT2D eigenvalue weighted by atomic mass is 10.1. The van der Waals surface area contributed by atoms with E-state index in [0.717, 1.165) is 31.7 Å². The molecule has 7 nitrogen and oxygen atoms in total. The first-order valence-corrected chi connectivity index (χ1v) is 9.26. The van der Waals surface area contributed by atoms with Gasteiger partial charge in [0, 0.05) is 12.1 Å². The lowest BCUT2D eigenvalue weighted by Gasteiger charge is -2.24. The van der Waals surface area contributed by atoms with Crippen molar-refractivity contribution >= 4 is 5.91 Å². The molecule has 4 rings (SSSR count). The number of aromatic nitrogens is 3. The highest BCUT2D eigenvalue weighted by molar-refractivity contribution is 5.94. The Labute approximate surface area is 152 Å². The molecule has 2 fully saturated rings. The highest BCUT2D eigenvalue weighted by Gasteiger charge is 2.30. The quantitative estimate of drug-likeness (QED) is 0.819. The summed E-state index contributed by atoms with van der Waals surface area (Å²) in [6.45, 7) is 2.00. The van der Waals surface area contributed by atoms with Crippen LogP contribution in [0.1, 0.15) is 41.7 Å². The zero-order valence-corrected chi connectivity index (χ0v) is 14.8. The van der Waals surface area contributed by atoms with Gasteiger partial charge in [0.25, 0.3) is 5.91 Å². The number of carbonyl (C=O) groups excluding carboxylic acids is 1. The van der Waals surface area contributed by atoms with Crippen LogP contribution in [-0.2, 0) is 13.2 Å². The maximum Gasteiger partial charge on any atom is 0.254 e. The van der Waals surface area contributed by atoms with Crippen LogP contribution in [0.25, 0.3) is 0 Å². The first kappa shape index (κ1) is 17.0. The molecule has 1 aromatic carbocycles. The first-order chi connectivity index (χ1) is 12.7.